The normalized spacial score (nSPS) is 19.7. The van der Waals surface area contributed by atoms with Crippen molar-refractivity contribution in [2.75, 3.05) is 23.7 Å². The van der Waals surface area contributed by atoms with Crippen LogP contribution < -0.4 is 10.6 Å². The third kappa shape index (κ3) is 2.82. The van der Waals surface area contributed by atoms with Gasteiger partial charge in [0.15, 0.2) is 0 Å². The quantitative estimate of drug-likeness (QED) is 0.910. The molecule has 0 amide bonds. The molecule has 0 aliphatic carbocycles. The number of nitrogens with zero attached hydrogens (tertiary/aromatic N) is 3. The summed E-state index contributed by atoms with van der Waals surface area (Å²) in [6.07, 6.45) is 1.25. The molecule has 4 nitrogen and oxygen atoms in total. The van der Waals surface area contributed by atoms with Crippen LogP contribution in [0.1, 0.15) is 51.4 Å². The molecule has 0 spiro atoms. The summed E-state index contributed by atoms with van der Waals surface area (Å²) in [5, 5.41) is 0. The molecule has 1 saturated heterocycles. The summed E-state index contributed by atoms with van der Waals surface area (Å²) in [6, 6.07) is 0. The zero-order chi connectivity index (χ0) is 14.2. The first kappa shape index (κ1) is 14.1. The van der Waals surface area contributed by atoms with Crippen molar-refractivity contribution < 1.29 is 0 Å². The molecule has 2 N–H and O–H groups in total. The molecule has 2 rings (SSSR count). The fraction of sp³-hybridized carbons (Fsp3) is 0.733. The van der Waals surface area contributed by atoms with Gasteiger partial charge in [0.1, 0.15) is 17.5 Å². The lowest BCUT2D eigenvalue weighted by molar-refractivity contribution is 0.422. The van der Waals surface area contributed by atoms with Crippen molar-refractivity contribution in [3.63, 3.8) is 0 Å². The first-order valence-corrected chi connectivity index (χ1v) is 7.29. The van der Waals surface area contributed by atoms with E-state index in [1.807, 2.05) is 6.92 Å². The first-order valence-electron chi connectivity index (χ1n) is 7.29. The molecule has 1 aromatic heterocycles. The Morgan fingerprint density at radius 2 is 1.89 bits per heavy atom. The third-order valence-corrected chi connectivity index (χ3v) is 4.16. The first-order chi connectivity index (χ1) is 8.90. The van der Waals surface area contributed by atoms with Gasteiger partial charge in [0.25, 0.3) is 0 Å². The molecule has 4 heteroatoms. The van der Waals surface area contributed by atoms with Gasteiger partial charge in [0.2, 0.25) is 0 Å². The van der Waals surface area contributed by atoms with E-state index in [0.717, 1.165) is 42.1 Å². The lowest BCUT2D eigenvalue weighted by Crippen LogP contribution is -2.24. The molecule has 1 aliphatic rings. The van der Waals surface area contributed by atoms with Crippen LogP contribution in [-0.2, 0) is 0 Å². The van der Waals surface area contributed by atoms with Gasteiger partial charge in [0, 0.05) is 24.6 Å². The second-order valence-electron chi connectivity index (χ2n) is 6.31. The van der Waals surface area contributed by atoms with Gasteiger partial charge < -0.3 is 10.6 Å². The molecular formula is C15H26N4. The van der Waals surface area contributed by atoms with Crippen LogP contribution in [0.5, 0.6) is 0 Å². The van der Waals surface area contributed by atoms with E-state index >= 15 is 0 Å². The van der Waals surface area contributed by atoms with Gasteiger partial charge in [-0.2, -0.15) is 0 Å². The molecule has 2 heterocycles. The van der Waals surface area contributed by atoms with Crippen molar-refractivity contribution in [3.05, 3.63) is 11.4 Å². The van der Waals surface area contributed by atoms with Crippen molar-refractivity contribution in [1.82, 2.24) is 9.97 Å². The van der Waals surface area contributed by atoms with E-state index in [9.17, 15) is 0 Å². The van der Waals surface area contributed by atoms with E-state index in [4.69, 9.17) is 10.7 Å². The molecule has 0 radical (unpaired) electrons. The van der Waals surface area contributed by atoms with Crippen molar-refractivity contribution in [2.45, 2.75) is 47.0 Å². The van der Waals surface area contributed by atoms with Crippen LogP contribution in [0.25, 0.3) is 0 Å². The number of rotatable bonds is 3. The number of hydrogen-bond donors (Lipinski definition) is 1. The Labute approximate surface area is 116 Å². The Morgan fingerprint density at radius 3 is 2.42 bits per heavy atom. The number of aromatic nitrogens is 2. The zero-order valence-electron chi connectivity index (χ0n) is 12.8. The Kier molecular flexibility index (Phi) is 3.97. The van der Waals surface area contributed by atoms with Gasteiger partial charge in [-0.25, -0.2) is 9.97 Å². The van der Waals surface area contributed by atoms with Crippen LogP contribution in [0, 0.1) is 18.8 Å². The van der Waals surface area contributed by atoms with Crippen LogP contribution in [0.3, 0.4) is 0 Å². The average molecular weight is 262 g/mol. The van der Waals surface area contributed by atoms with Crippen molar-refractivity contribution in [2.24, 2.45) is 11.8 Å². The SMILES string of the molecule is Cc1c(N)nc(C(C)C)nc1N1CCC(C(C)C)C1. The van der Waals surface area contributed by atoms with E-state index in [1.165, 1.54) is 6.42 Å². The summed E-state index contributed by atoms with van der Waals surface area (Å²) in [5.74, 6) is 4.32. The molecule has 1 atom stereocenters. The van der Waals surface area contributed by atoms with Crippen molar-refractivity contribution >= 4 is 11.6 Å². The third-order valence-electron chi connectivity index (χ3n) is 4.16. The standard InChI is InChI=1S/C15H26N4/c1-9(2)12-6-7-19(8-12)15-11(5)13(16)17-14(18-15)10(3)4/h9-10,12H,6-8H2,1-5H3,(H2,16,17,18). The Hall–Kier alpha value is -1.32. The second-order valence-corrected chi connectivity index (χ2v) is 6.31. The van der Waals surface area contributed by atoms with Crippen LogP contribution in [0.2, 0.25) is 0 Å². The molecule has 0 bridgehead atoms. The zero-order valence-corrected chi connectivity index (χ0v) is 12.8. The van der Waals surface area contributed by atoms with Gasteiger partial charge in [0.05, 0.1) is 0 Å². The average Bonchev–Trinajstić information content (AvgIpc) is 2.81. The largest absolute Gasteiger partial charge is 0.383 e. The minimum absolute atomic E-state index is 0.310. The summed E-state index contributed by atoms with van der Waals surface area (Å²) in [5.41, 5.74) is 7.07. The summed E-state index contributed by atoms with van der Waals surface area (Å²) in [4.78, 5) is 11.5. The number of hydrogen-bond acceptors (Lipinski definition) is 4. The molecule has 1 unspecified atom stereocenters. The molecule has 0 aromatic carbocycles. The van der Waals surface area contributed by atoms with Gasteiger partial charge in [-0.3, -0.25) is 0 Å². The topological polar surface area (TPSA) is 55.0 Å². The molecule has 1 fully saturated rings. The molecule has 0 saturated carbocycles. The van der Waals surface area contributed by atoms with E-state index in [0.29, 0.717) is 11.7 Å². The maximum atomic E-state index is 6.04. The van der Waals surface area contributed by atoms with Crippen molar-refractivity contribution in [3.8, 4) is 0 Å². The maximum Gasteiger partial charge on any atom is 0.137 e. The fourth-order valence-electron chi connectivity index (χ4n) is 2.63. The van der Waals surface area contributed by atoms with E-state index in [-0.39, 0.29) is 0 Å². The lowest BCUT2D eigenvalue weighted by Gasteiger charge is -2.22. The number of anilines is 2. The second kappa shape index (κ2) is 5.35. The summed E-state index contributed by atoms with van der Waals surface area (Å²) < 4.78 is 0. The summed E-state index contributed by atoms with van der Waals surface area (Å²) in [7, 11) is 0. The molecule has 106 valence electrons. The molecular weight excluding hydrogens is 236 g/mol. The number of nitrogen functional groups attached to an aromatic ring is 1. The van der Waals surface area contributed by atoms with Crippen LogP contribution in [0.4, 0.5) is 11.6 Å². The number of nitrogens with two attached hydrogens (primary N) is 1. The highest BCUT2D eigenvalue weighted by atomic mass is 15.2. The fourth-order valence-corrected chi connectivity index (χ4v) is 2.63. The Morgan fingerprint density at radius 1 is 1.21 bits per heavy atom. The minimum Gasteiger partial charge on any atom is -0.383 e. The maximum absolute atomic E-state index is 6.04. The summed E-state index contributed by atoms with van der Waals surface area (Å²) in [6.45, 7) is 13.0. The lowest BCUT2D eigenvalue weighted by atomic mass is 9.95. The smallest absolute Gasteiger partial charge is 0.137 e. The van der Waals surface area contributed by atoms with E-state index in [1.54, 1.807) is 0 Å². The predicted octanol–water partition coefficient (Wildman–Crippen LogP) is 2.97. The van der Waals surface area contributed by atoms with Gasteiger partial charge in [-0.1, -0.05) is 27.7 Å². The van der Waals surface area contributed by atoms with Crippen LogP contribution in [0.15, 0.2) is 0 Å². The van der Waals surface area contributed by atoms with Gasteiger partial charge >= 0.3 is 0 Å². The Bertz CT molecular complexity index is 454. The monoisotopic (exact) mass is 262 g/mol. The molecule has 19 heavy (non-hydrogen) atoms. The highest BCUT2D eigenvalue weighted by molar-refractivity contribution is 5.57. The minimum atomic E-state index is 0.310. The van der Waals surface area contributed by atoms with Gasteiger partial charge in [-0.15, -0.1) is 0 Å². The highest BCUT2D eigenvalue weighted by Gasteiger charge is 2.27. The van der Waals surface area contributed by atoms with E-state index in [2.05, 4.69) is 37.6 Å². The van der Waals surface area contributed by atoms with Crippen LogP contribution >= 0.6 is 0 Å². The predicted molar refractivity (Wildman–Crippen MR) is 80.4 cm³/mol. The molecule has 1 aliphatic heterocycles. The molecule has 1 aromatic rings. The van der Waals surface area contributed by atoms with Gasteiger partial charge in [-0.05, 0) is 25.2 Å². The van der Waals surface area contributed by atoms with E-state index < -0.39 is 0 Å². The highest BCUT2D eigenvalue weighted by Crippen LogP contribution is 2.31. The van der Waals surface area contributed by atoms with Crippen LogP contribution in [-0.4, -0.2) is 23.1 Å². The Balaban J connectivity index is 2.30. The summed E-state index contributed by atoms with van der Waals surface area (Å²) >= 11 is 0. The van der Waals surface area contributed by atoms with Crippen molar-refractivity contribution in [1.29, 1.82) is 0 Å².